The average Bonchev–Trinajstić information content (AvgIpc) is 2.67. The molecule has 0 spiro atoms. The van der Waals surface area contributed by atoms with E-state index < -0.39 is 0 Å². The first-order chi connectivity index (χ1) is 12.2. The first-order valence-electron chi connectivity index (χ1n) is 8.53. The average molecular weight is 353 g/mol. The lowest BCUT2D eigenvalue weighted by Crippen LogP contribution is -2.32. The molecule has 0 atom stereocenters. The SMILES string of the molecule is CCN(CC)C(=O)c1c(CCl)nc2ccccc2c1-c1ccccc1. The highest BCUT2D eigenvalue weighted by atomic mass is 35.5. The van der Waals surface area contributed by atoms with Crippen molar-refractivity contribution in [2.75, 3.05) is 13.1 Å². The Morgan fingerprint density at radius 3 is 2.28 bits per heavy atom. The van der Waals surface area contributed by atoms with Crippen LogP contribution in [0, 0.1) is 0 Å². The monoisotopic (exact) mass is 352 g/mol. The molecule has 25 heavy (non-hydrogen) atoms. The van der Waals surface area contributed by atoms with E-state index in [0.29, 0.717) is 24.3 Å². The quantitative estimate of drug-likeness (QED) is 0.597. The van der Waals surface area contributed by atoms with Gasteiger partial charge in [0.1, 0.15) is 0 Å². The van der Waals surface area contributed by atoms with E-state index in [4.69, 9.17) is 11.6 Å². The zero-order chi connectivity index (χ0) is 17.8. The van der Waals surface area contributed by atoms with Crippen molar-refractivity contribution >= 4 is 28.4 Å². The van der Waals surface area contributed by atoms with Crippen LogP contribution in [0.15, 0.2) is 54.6 Å². The minimum absolute atomic E-state index is 0.0160. The molecule has 3 nitrogen and oxygen atoms in total. The van der Waals surface area contributed by atoms with Crippen LogP contribution in [0.25, 0.3) is 22.0 Å². The van der Waals surface area contributed by atoms with Crippen LogP contribution in [0.1, 0.15) is 29.9 Å². The minimum Gasteiger partial charge on any atom is -0.339 e. The summed E-state index contributed by atoms with van der Waals surface area (Å²) in [7, 11) is 0. The highest BCUT2D eigenvalue weighted by molar-refractivity contribution is 6.19. The zero-order valence-corrected chi connectivity index (χ0v) is 15.3. The number of nitrogens with zero attached hydrogens (tertiary/aromatic N) is 2. The minimum atomic E-state index is -0.0160. The molecule has 0 fully saturated rings. The maximum absolute atomic E-state index is 13.3. The van der Waals surface area contributed by atoms with E-state index in [-0.39, 0.29) is 11.8 Å². The Labute approximate surface area is 153 Å². The van der Waals surface area contributed by atoms with Gasteiger partial charge in [-0.25, -0.2) is 0 Å². The van der Waals surface area contributed by atoms with Crippen molar-refractivity contribution in [3.05, 3.63) is 65.9 Å². The Bertz CT molecular complexity index is 889. The van der Waals surface area contributed by atoms with Gasteiger partial charge in [-0.1, -0.05) is 48.5 Å². The predicted octanol–water partition coefficient (Wildman–Crippen LogP) is 5.12. The fourth-order valence-electron chi connectivity index (χ4n) is 3.16. The summed E-state index contributed by atoms with van der Waals surface area (Å²) in [6.45, 7) is 5.27. The smallest absolute Gasteiger partial charge is 0.256 e. The number of fused-ring (bicyclic) bond motifs is 1. The number of rotatable bonds is 5. The first kappa shape index (κ1) is 17.4. The van der Waals surface area contributed by atoms with Gasteiger partial charge in [0.05, 0.1) is 22.7 Å². The van der Waals surface area contributed by atoms with Crippen molar-refractivity contribution in [3.8, 4) is 11.1 Å². The maximum Gasteiger partial charge on any atom is 0.256 e. The molecule has 0 saturated heterocycles. The molecule has 3 aromatic rings. The van der Waals surface area contributed by atoms with Gasteiger partial charge in [0.2, 0.25) is 0 Å². The number of carbonyl (C=O) groups is 1. The molecular formula is C21H21ClN2O. The molecule has 1 heterocycles. The van der Waals surface area contributed by atoms with Crippen molar-refractivity contribution in [1.82, 2.24) is 9.88 Å². The standard InChI is InChI=1S/C21H21ClN2O/c1-3-24(4-2)21(25)20-18(14-22)23-17-13-9-8-12-16(17)19(20)15-10-6-5-7-11-15/h5-13H,3-4,14H2,1-2H3. The third-order valence-electron chi connectivity index (χ3n) is 4.42. The predicted molar refractivity (Wildman–Crippen MR) is 104 cm³/mol. The van der Waals surface area contributed by atoms with Gasteiger partial charge < -0.3 is 4.90 Å². The number of pyridine rings is 1. The van der Waals surface area contributed by atoms with Gasteiger partial charge in [-0.3, -0.25) is 9.78 Å². The van der Waals surface area contributed by atoms with E-state index in [0.717, 1.165) is 22.0 Å². The lowest BCUT2D eigenvalue weighted by Gasteiger charge is -2.23. The lowest BCUT2D eigenvalue weighted by atomic mass is 9.93. The number of benzene rings is 2. The van der Waals surface area contributed by atoms with E-state index in [9.17, 15) is 4.79 Å². The number of halogens is 1. The van der Waals surface area contributed by atoms with E-state index >= 15 is 0 Å². The summed E-state index contributed by atoms with van der Waals surface area (Å²) in [5.41, 5.74) is 4.02. The van der Waals surface area contributed by atoms with Gasteiger partial charge >= 0.3 is 0 Å². The molecule has 0 aliphatic carbocycles. The Hall–Kier alpha value is -2.39. The Morgan fingerprint density at radius 2 is 1.64 bits per heavy atom. The van der Waals surface area contributed by atoms with Crippen LogP contribution in [0.5, 0.6) is 0 Å². The molecule has 0 unspecified atom stereocenters. The molecule has 1 aromatic heterocycles. The number of para-hydroxylation sites is 1. The topological polar surface area (TPSA) is 33.2 Å². The molecule has 0 N–H and O–H groups in total. The van der Waals surface area contributed by atoms with Gasteiger partial charge in [-0.2, -0.15) is 0 Å². The summed E-state index contributed by atoms with van der Waals surface area (Å²) in [5, 5.41) is 0.970. The van der Waals surface area contributed by atoms with Crippen LogP contribution in [-0.2, 0) is 5.88 Å². The van der Waals surface area contributed by atoms with Gasteiger partial charge in [-0.05, 0) is 25.5 Å². The Balaban J connectivity index is 2.39. The fourth-order valence-corrected chi connectivity index (χ4v) is 3.36. The van der Waals surface area contributed by atoms with E-state index in [1.165, 1.54) is 0 Å². The summed E-state index contributed by atoms with van der Waals surface area (Å²) in [6.07, 6.45) is 0. The maximum atomic E-state index is 13.3. The normalized spacial score (nSPS) is 10.8. The van der Waals surface area contributed by atoms with Crippen LogP contribution in [0.2, 0.25) is 0 Å². The molecule has 0 aliphatic heterocycles. The van der Waals surface area contributed by atoms with E-state index in [1.54, 1.807) is 0 Å². The highest BCUT2D eigenvalue weighted by Crippen LogP contribution is 2.34. The summed E-state index contributed by atoms with van der Waals surface area (Å²) in [5.74, 6) is 0.185. The second kappa shape index (κ2) is 7.66. The summed E-state index contributed by atoms with van der Waals surface area (Å²) >= 11 is 6.19. The van der Waals surface area contributed by atoms with Crippen molar-refractivity contribution in [1.29, 1.82) is 0 Å². The number of amides is 1. The van der Waals surface area contributed by atoms with Crippen LogP contribution >= 0.6 is 11.6 Å². The molecule has 2 aromatic carbocycles. The summed E-state index contributed by atoms with van der Waals surface area (Å²) in [6, 6.07) is 17.9. The Morgan fingerprint density at radius 1 is 1.00 bits per heavy atom. The molecule has 4 heteroatoms. The van der Waals surface area contributed by atoms with E-state index in [1.807, 2.05) is 73.3 Å². The number of aromatic nitrogens is 1. The number of hydrogen-bond acceptors (Lipinski definition) is 2. The Kier molecular flexibility index (Phi) is 5.34. The molecule has 0 saturated carbocycles. The molecule has 1 amide bonds. The molecule has 3 rings (SSSR count). The molecule has 0 aliphatic rings. The fraction of sp³-hybridized carbons (Fsp3) is 0.238. The third kappa shape index (κ3) is 3.24. The molecular weight excluding hydrogens is 332 g/mol. The van der Waals surface area contributed by atoms with Crippen LogP contribution in [0.3, 0.4) is 0 Å². The first-order valence-corrected chi connectivity index (χ1v) is 9.06. The van der Waals surface area contributed by atoms with Gasteiger partial charge in [-0.15, -0.1) is 11.6 Å². The van der Waals surface area contributed by atoms with Crippen LogP contribution in [0.4, 0.5) is 0 Å². The number of hydrogen-bond donors (Lipinski definition) is 0. The molecule has 128 valence electrons. The van der Waals surface area contributed by atoms with Crippen molar-refractivity contribution < 1.29 is 4.79 Å². The lowest BCUT2D eigenvalue weighted by molar-refractivity contribution is 0.0772. The second-order valence-corrected chi connectivity index (χ2v) is 6.07. The molecule has 0 bridgehead atoms. The number of carbonyl (C=O) groups excluding carboxylic acids is 1. The largest absolute Gasteiger partial charge is 0.339 e. The second-order valence-electron chi connectivity index (χ2n) is 5.80. The highest BCUT2D eigenvalue weighted by Gasteiger charge is 2.24. The summed E-state index contributed by atoms with van der Waals surface area (Å²) < 4.78 is 0. The summed E-state index contributed by atoms with van der Waals surface area (Å²) in [4.78, 5) is 19.7. The van der Waals surface area contributed by atoms with Crippen molar-refractivity contribution in [2.45, 2.75) is 19.7 Å². The van der Waals surface area contributed by atoms with Crippen molar-refractivity contribution in [2.24, 2.45) is 0 Å². The third-order valence-corrected chi connectivity index (χ3v) is 4.67. The zero-order valence-electron chi connectivity index (χ0n) is 14.5. The van der Waals surface area contributed by atoms with Crippen LogP contribution < -0.4 is 0 Å². The molecule has 0 radical (unpaired) electrons. The van der Waals surface area contributed by atoms with E-state index in [2.05, 4.69) is 4.98 Å². The van der Waals surface area contributed by atoms with Gasteiger partial charge in [0, 0.05) is 24.0 Å². The van der Waals surface area contributed by atoms with Gasteiger partial charge in [0.15, 0.2) is 0 Å². The van der Waals surface area contributed by atoms with Gasteiger partial charge in [0.25, 0.3) is 5.91 Å². The number of alkyl halides is 1. The van der Waals surface area contributed by atoms with Crippen LogP contribution in [-0.4, -0.2) is 28.9 Å². The van der Waals surface area contributed by atoms with Crippen molar-refractivity contribution in [3.63, 3.8) is 0 Å².